The number of amides is 2. The minimum Gasteiger partial charge on any atom is -0.461 e. The quantitative estimate of drug-likeness (QED) is 0.606. The highest BCUT2D eigenvalue weighted by Crippen LogP contribution is 2.29. The lowest BCUT2D eigenvalue weighted by molar-refractivity contribution is -0.147. The number of benzene rings is 1. The molecule has 0 aliphatic carbocycles. The third kappa shape index (κ3) is 5.82. The number of esters is 1. The van der Waals surface area contributed by atoms with E-state index in [1.165, 1.54) is 11.8 Å². The summed E-state index contributed by atoms with van der Waals surface area (Å²) in [7, 11) is 0. The van der Waals surface area contributed by atoms with Crippen LogP contribution >= 0.6 is 11.3 Å². The van der Waals surface area contributed by atoms with Gasteiger partial charge in [0.2, 0.25) is 11.8 Å². The number of rotatable bonds is 6. The summed E-state index contributed by atoms with van der Waals surface area (Å²) in [5.74, 6) is -1.05. The smallest absolute Gasteiger partial charge is 0.302 e. The van der Waals surface area contributed by atoms with E-state index in [0.717, 1.165) is 21.7 Å². The Hall–Kier alpha value is -2.78. The summed E-state index contributed by atoms with van der Waals surface area (Å²) in [6.45, 7) is 11.0. The van der Waals surface area contributed by atoms with Crippen molar-refractivity contribution in [3.8, 4) is 10.4 Å². The molecule has 0 saturated carbocycles. The maximum Gasteiger partial charge on any atom is 0.302 e. The van der Waals surface area contributed by atoms with E-state index in [-0.39, 0.29) is 30.8 Å². The maximum atomic E-state index is 13.3. The fourth-order valence-corrected chi connectivity index (χ4v) is 4.87. The summed E-state index contributed by atoms with van der Waals surface area (Å²) in [4.78, 5) is 44.8. The van der Waals surface area contributed by atoms with Crippen LogP contribution in [0, 0.1) is 12.3 Å². The Kier molecular flexibility index (Phi) is 7.77. The van der Waals surface area contributed by atoms with Crippen LogP contribution in [-0.2, 0) is 19.1 Å². The van der Waals surface area contributed by atoms with E-state index in [1.54, 1.807) is 11.3 Å². The third-order valence-corrected chi connectivity index (χ3v) is 7.13. The molecule has 1 aromatic heterocycles. The van der Waals surface area contributed by atoms with E-state index >= 15 is 0 Å². The average Bonchev–Trinajstić information content (AvgIpc) is 3.37. The first-order valence-corrected chi connectivity index (χ1v) is 12.3. The molecule has 1 aromatic carbocycles. The van der Waals surface area contributed by atoms with Crippen molar-refractivity contribution in [3.63, 3.8) is 0 Å². The minimum atomic E-state index is -0.779. The van der Waals surface area contributed by atoms with Crippen LogP contribution in [0.15, 0.2) is 29.8 Å². The van der Waals surface area contributed by atoms with E-state index in [4.69, 9.17) is 10.5 Å². The summed E-state index contributed by atoms with van der Waals surface area (Å²) in [5.41, 5.74) is 10.6. The SMILES string of the molecule is CC(=O)O[C@@H]1CC(C(=O)N[C@@H](C)c2ccc(-c3scnc3C)cc2)N(C(=O)[C@@H](N)C(C)(C)C)C1. The second-order valence-electron chi connectivity index (χ2n) is 9.94. The Labute approximate surface area is 204 Å². The average molecular weight is 487 g/mol. The number of hydrogen-bond acceptors (Lipinski definition) is 7. The molecule has 0 radical (unpaired) electrons. The molecule has 1 fully saturated rings. The highest BCUT2D eigenvalue weighted by molar-refractivity contribution is 7.13. The van der Waals surface area contributed by atoms with Crippen LogP contribution < -0.4 is 11.1 Å². The maximum absolute atomic E-state index is 13.3. The van der Waals surface area contributed by atoms with Crippen molar-refractivity contribution in [3.05, 3.63) is 41.0 Å². The van der Waals surface area contributed by atoms with Gasteiger partial charge < -0.3 is 20.7 Å². The van der Waals surface area contributed by atoms with Gasteiger partial charge >= 0.3 is 5.97 Å². The van der Waals surface area contributed by atoms with Gasteiger partial charge in [0, 0.05) is 13.3 Å². The number of hydrogen-bond donors (Lipinski definition) is 2. The number of nitrogens with zero attached hydrogens (tertiary/aromatic N) is 2. The van der Waals surface area contributed by atoms with Crippen LogP contribution in [0.5, 0.6) is 0 Å². The number of carbonyl (C=O) groups is 3. The van der Waals surface area contributed by atoms with E-state index in [2.05, 4.69) is 10.3 Å². The van der Waals surface area contributed by atoms with Gasteiger partial charge in [0.25, 0.3) is 0 Å². The van der Waals surface area contributed by atoms with Gasteiger partial charge in [-0.05, 0) is 30.4 Å². The molecule has 8 nitrogen and oxygen atoms in total. The molecule has 4 atom stereocenters. The lowest BCUT2D eigenvalue weighted by Gasteiger charge is -2.32. The molecule has 2 aromatic rings. The molecular formula is C25H34N4O4S. The van der Waals surface area contributed by atoms with Crippen LogP contribution in [0.25, 0.3) is 10.4 Å². The van der Waals surface area contributed by atoms with Crippen LogP contribution in [0.3, 0.4) is 0 Å². The van der Waals surface area contributed by atoms with Crippen molar-refractivity contribution >= 4 is 29.1 Å². The standard InChI is InChI=1S/C25H34N4O4S/c1-14(17-7-9-18(10-8-17)21-15(2)27-13-34-21)28-23(31)20-11-19(33-16(3)30)12-29(20)24(32)22(26)25(4,5)6/h7-10,13-14,19-20,22H,11-12,26H2,1-6H3,(H,28,31)/t14-,19+,20?,22+/m0/s1. The number of likely N-dealkylation sites (tertiary alicyclic amines) is 1. The normalized spacial score (nSPS) is 20.0. The van der Waals surface area contributed by atoms with E-state index in [0.29, 0.717) is 0 Å². The first kappa shape index (κ1) is 25.8. The molecule has 184 valence electrons. The highest BCUT2D eigenvalue weighted by atomic mass is 32.1. The van der Waals surface area contributed by atoms with Crippen LogP contribution in [0.1, 0.15) is 58.3 Å². The van der Waals surface area contributed by atoms with Gasteiger partial charge in [-0.15, -0.1) is 11.3 Å². The van der Waals surface area contributed by atoms with Crippen molar-refractivity contribution in [2.45, 2.75) is 72.2 Å². The van der Waals surface area contributed by atoms with Gasteiger partial charge in [-0.1, -0.05) is 45.0 Å². The first-order chi connectivity index (χ1) is 15.9. The zero-order chi connectivity index (χ0) is 25.2. The number of thiazole rings is 1. The summed E-state index contributed by atoms with van der Waals surface area (Å²) in [6.07, 6.45) is -0.300. The topological polar surface area (TPSA) is 115 Å². The summed E-state index contributed by atoms with van der Waals surface area (Å²) in [6, 6.07) is 6.19. The van der Waals surface area contributed by atoms with Crippen molar-refractivity contribution in [2.24, 2.45) is 11.1 Å². The van der Waals surface area contributed by atoms with Crippen LogP contribution in [0.4, 0.5) is 0 Å². The molecule has 3 N–H and O–H groups in total. The molecule has 2 amide bonds. The van der Waals surface area contributed by atoms with Gasteiger partial charge in [-0.2, -0.15) is 0 Å². The van der Waals surface area contributed by atoms with Crippen LogP contribution in [0.2, 0.25) is 0 Å². The predicted molar refractivity (Wildman–Crippen MR) is 132 cm³/mol. The van der Waals surface area contributed by atoms with Crippen molar-refractivity contribution in [1.29, 1.82) is 0 Å². The summed E-state index contributed by atoms with van der Waals surface area (Å²) >= 11 is 1.59. The second kappa shape index (κ2) is 10.2. The third-order valence-electron chi connectivity index (χ3n) is 6.16. The Morgan fingerprint density at radius 1 is 1.24 bits per heavy atom. The molecule has 2 heterocycles. The lowest BCUT2D eigenvalue weighted by atomic mass is 9.86. The number of aromatic nitrogens is 1. The Balaban J connectivity index is 1.74. The molecule has 1 saturated heterocycles. The van der Waals surface area contributed by atoms with Gasteiger partial charge in [0.1, 0.15) is 12.1 Å². The number of nitrogens with one attached hydrogen (secondary N) is 1. The minimum absolute atomic E-state index is 0.150. The van der Waals surface area contributed by atoms with E-state index in [1.807, 2.05) is 64.4 Å². The molecular weight excluding hydrogens is 452 g/mol. The van der Waals surface area contributed by atoms with Gasteiger partial charge in [-0.25, -0.2) is 4.98 Å². The number of aryl methyl sites for hydroxylation is 1. The molecule has 1 aliphatic heterocycles. The van der Waals surface area contributed by atoms with Crippen molar-refractivity contribution in [1.82, 2.24) is 15.2 Å². The monoisotopic (exact) mass is 486 g/mol. The largest absolute Gasteiger partial charge is 0.461 e. The summed E-state index contributed by atoms with van der Waals surface area (Å²) < 4.78 is 5.33. The number of nitrogens with two attached hydrogens (primary N) is 1. The first-order valence-electron chi connectivity index (χ1n) is 11.4. The lowest BCUT2D eigenvalue weighted by Crippen LogP contribution is -2.55. The van der Waals surface area contributed by atoms with Gasteiger partial charge in [0.05, 0.1) is 34.7 Å². The molecule has 34 heavy (non-hydrogen) atoms. The molecule has 3 rings (SSSR count). The molecule has 1 unspecified atom stereocenters. The zero-order valence-corrected chi connectivity index (χ0v) is 21.4. The van der Waals surface area contributed by atoms with E-state index in [9.17, 15) is 14.4 Å². The van der Waals surface area contributed by atoms with Gasteiger partial charge in [0.15, 0.2) is 0 Å². The van der Waals surface area contributed by atoms with Gasteiger partial charge in [-0.3, -0.25) is 14.4 Å². The Bertz CT molecular complexity index is 1040. The van der Waals surface area contributed by atoms with E-state index < -0.39 is 29.6 Å². The Morgan fingerprint density at radius 3 is 2.41 bits per heavy atom. The molecule has 0 spiro atoms. The number of ether oxygens (including phenoxy) is 1. The molecule has 0 bridgehead atoms. The zero-order valence-electron chi connectivity index (χ0n) is 20.6. The predicted octanol–water partition coefficient (Wildman–Crippen LogP) is 3.20. The molecule has 1 aliphatic rings. The highest BCUT2D eigenvalue weighted by Gasteiger charge is 2.44. The summed E-state index contributed by atoms with van der Waals surface area (Å²) in [5, 5.41) is 3.02. The fourth-order valence-electron chi connectivity index (χ4n) is 4.05. The fraction of sp³-hybridized carbons (Fsp3) is 0.520. The molecule has 9 heteroatoms. The Morgan fingerprint density at radius 2 is 1.88 bits per heavy atom. The second-order valence-corrected chi connectivity index (χ2v) is 10.8. The van der Waals surface area contributed by atoms with Crippen molar-refractivity contribution < 1.29 is 19.1 Å². The van der Waals surface area contributed by atoms with Crippen molar-refractivity contribution in [2.75, 3.05) is 6.54 Å². The van der Waals surface area contributed by atoms with Crippen LogP contribution in [-0.4, -0.2) is 52.4 Å². The number of carbonyl (C=O) groups excluding carboxylic acids is 3.